The second kappa shape index (κ2) is 10.2. The Morgan fingerprint density at radius 3 is 1.96 bits per heavy atom. The summed E-state index contributed by atoms with van der Waals surface area (Å²) in [4.78, 5) is 0. The molecule has 3 heterocycles. The molecule has 0 saturated heterocycles. The monoisotopic (exact) mass is 640 g/mol. The van der Waals surface area contributed by atoms with Crippen LogP contribution in [0.3, 0.4) is 0 Å². The minimum Gasteiger partial charge on any atom is -0.317 e. The Morgan fingerprint density at radius 2 is 1.10 bits per heavy atom. The van der Waals surface area contributed by atoms with Crippen molar-refractivity contribution >= 4 is 85.8 Å². The lowest BCUT2D eigenvalue weighted by Gasteiger charge is -2.14. The lowest BCUT2D eigenvalue weighted by molar-refractivity contribution is 1.13. The number of hydrogen-bond acceptors (Lipinski definition) is 1. The average Bonchev–Trinajstić information content (AvgIpc) is 3.84. The van der Waals surface area contributed by atoms with Crippen molar-refractivity contribution in [3.8, 4) is 22.5 Å². The highest BCUT2D eigenvalue weighted by Crippen LogP contribution is 2.44. The normalized spacial score (nSPS) is 12.1. The lowest BCUT2D eigenvalue weighted by atomic mass is 9.91. The first-order valence-corrected chi connectivity index (χ1v) is 17.6. The fraction of sp³-hybridized carbons (Fsp3) is 0. The van der Waals surface area contributed by atoms with E-state index >= 15 is 0 Å². The summed E-state index contributed by atoms with van der Waals surface area (Å²) < 4.78 is 7.35. The van der Waals surface area contributed by atoms with E-state index < -0.39 is 0 Å². The third kappa shape index (κ3) is 3.94. The summed E-state index contributed by atoms with van der Waals surface area (Å²) >= 11 is 1.89. The van der Waals surface area contributed by atoms with Gasteiger partial charge in [0.2, 0.25) is 0 Å². The van der Waals surface area contributed by atoms with E-state index in [0.717, 1.165) is 0 Å². The zero-order valence-corrected chi connectivity index (χ0v) is 27.3. The number of nitrogens with zero attached hydrogens (tertiary/aromatic N) is 2. The van der Waals surface area contributed by atoms with Crippen LogP contribution in [0.25, 0.3) is 96.9 Å². The topological polar surface area (TPSA) is 9.86 Å². The van der Waals surface area contributed by atoms with Crippen LogP contribution in [-0.4, -0.2) is 9.13 Å². The fourth-order valence-corrected chi connectivity index (χ4v) is 9.18. The Labute approximate surface area is 286 Å². The Hall–Kier alpha value is -6.16. The van der Waals surface area contributed by atoms with Gasteiger partial charge in [-0.25, -0.2) is 0 Å². The molecule has 228 valence electrons. The van der Waals surface area contributed by atoms with E-state index in [1.807, 2.05) is 11.3 Å². The molecule has 49 heavy (non-hydrogen) atoms. The molecule has 0 aliphatic heterocycles. The van der Waals surface area contributed by atoms with Gasteiger partial charge in [-0.05, 0) is 118 Å². The number of hydrogen-bond donors (Lipinski definition) is 0. The van der Waals surface area contributed by atoms with Crippen molar-refractivity contribution in [2.75, 3.05) is 0 Å². The first kappa shape index (κ1) is 26.9. The zero-order valence-electron chi connectivity index (χ0n) is 26.5. The molecule has 0 unspecified atom stereocenters. The van der Waals surface area contributed by atoms with E-state index in [9.17, 15) is 0 Å². The van der Waals surface area contributed by atoms with Gasteiger partial charge in [0.05, 0.1) is 16.6 Å². The van der Waals surface area contributed by atoms with Gasteiger partial charge < -0.3 is 9.13 Å². The number of thiophene rings is 1. The van der Waals surface area contributed by atoms with Gasteiger partial charge in [-0.15, -0.1) is 11.3 Å². The molecule has 8 aromatic carbocycles. The van der Waals surface area contributed by atoms with E-state index in [4.69, 9.17) is 0 Å². The first-order chi connectivity index (χ1) is 24.3. The Balaban J connectivity index is 1.24. The number of fused-ring (bicyclic) bond motifs is 10. The molecule has 2 nitrogen and oxygen atoms in total. The predicted molar refractivity (Wildman–Crippen MR) is 211 cm³/mol. The van der Waals surface area contributed by atoms with E-state index in [1.54, 1.807) is 0 Å². The third-order valence-electron chi connectivity index (χ3n) is 10.3. The van der Waals surface area contributed by atoms with Crippen molar-refractivity contribution in [2.45, 2.75) is 0 Å². The van der Waals surface area contributed by atoms with E-state index in [0.29, 0.717) is 0 Å². The Bertz CT molecular complexity index is 3090. The molecule has 0 aliphatic rings. The maximum atomic E-state index is 2.45. The van der Waals surface area contributed by atoms with Gasteiger partial charge in [-0.3, -0.25) is 0 Å². The van der Waals surface area contributed by atoms with Crippen molar-refractivity contribution < 1.29 is 0 Å². The van der Waals surface area contributed by atoms with Crippen molar-refractivity contribution in [2.24, 2.45) is 0 Å². The first-order valence-electron chi connectivity index (χ1n) is 16.8. The molecule has 3 aromatic heterocycles. The van der Waals surface area contributed by atoms with Crippen LogP contribution in [0.5, 0.6) is 0 Å². The third-order valence-corrected chi connectivity index (χ3v) is 11.4. The van der Waals surface area contributed by atoms with Crippen LogP contribution in [0, 0.1) is 0 Å². The molecule has 11 rings (SSSR count). The largest absolute Gasteiger partial charge is 0.317 e. The molecular formula is C46H28N2S. The molecular weight excluding hydrogens is 613 g/mol. The summed E-state index contributed by atoms with van der Waals surface area (Å²) in [5, 5.41) is 11.5. The van der Waals surface area contributed by atoms with Crippen LogP contribution in [0.2, 0.25) is 0 Å². The van der Waals surface area contributed by atoms with Gasteiger partial charge in [0.15, 0.2) is 0 Å². The SMILES string of the molecule is c1ccc(-n2ccc3cc4cc(-c5ccc6c(c5)c5ccccc5n6-c5ccccc5)c5cc6c(cc5c4cc32)sc2ccccc26)cc1. The maximum Gasteiger partial charge on any atom is 0.0541 e. The highest BCUT2D eigenvalue weighted by atomic mass is 32.1. The minimum atomic E-state index is 1.17. The smallest absolute Gasteiger partial charge is 0.0541 e. The molecule has 0 spiro atoms. The Morgan fingerprint density at radius 1 is 0.367 bits per heavy atom. The summed E-state index contributed by atoms with van der Waals surface area (Å²) in [5.41, 5.74) is 8.51. The molecule has 0 aliphatic carbocycles. The van der Waals surface area contributed by atoms with Crippen LogP contribution in [-0.2, 0) is 0 Å². The van der Waals surface area contributed by atoms with Gasteiger partial charge in [0, 0.05) is 53.9 Å². The second-order valence-corrected chi connectivity index (χ2v) is 14.1. The van der Waals surface area contributed by atoms with Crippen LogP contribution in [0.1, 0.15) is 0 Å². The zero-order chi connectivity index (χ0) is 32.1. The molecule has 3 heteroatoms. The van der Waals surface area contributed by atoms with Crippen molar-refractivity contribution in [3.05, 3.63) is 170 Å². The quantitative estimate of drug-likeness (QED) is 0.170. The standard InChI is InChI=1S/C46H28N2S/c1-3-11-32(12-4-1)47-22-21-30-23-31-25-36(38-26-41-35-16-8-10-18-45(35)49-46(41)28-39(38)37(31)27-44(30)47)29-19-20-43-40(24-29)34-15-7-9-17-42(34)48(43)33-13-5-2-6-14-33/h1-28H. The predicted octanol–water partition coefficient (Wildman–Crippen LogP) is 13.1. The van der Waals surface area contributed by atoms with Gasteiger partial charge >= 0.3 is 0 Å². The summed E-state index contributed by atoms with van der Waals surface area (Å²) in [5.74, 6) is 0. The van der Waals surface area contributed by atoms with E-state index in [1.165, 1.54) is 96.9 Å². The molecule has 0 saturated carbocycles. The van der Waals surface area contributed by atoms with Gasteiger partial charge in [0.25, 0.3) is 0 Å². The molecule has 0 N–H and O–H groups in total. The number of aromatic nitrogens is 2. The fourth-order valence-electron chi connectivity index (χ4n) is 8.05. The molecule has 0 fully saturated rings. The lowest BCUT2D eigenvalue weighted by Crippen LogP contribution is -1.93. The molecule has 0 bridgehead atoms. The summed E-state index contributed by atoms with van der Waals surface area (Å²) in [6.45, 7) is 0. The highest BCUT2D eigenvalue weighted by molar-refractivity contribution is 7.25. The summed E-state index contributed by atoms with van der Waals surface area (Å²) in [6.07, 6.45) is 2.20. The van der Waals surface area contributed by atoms with Crippen LogP contribution in [0.15, 0.2) is 170 Å². The molecule has 0 amide bonds. The van der Waals surface area contributed by atoms with Crippen LogP contribution in [0.4, 0.5) is 0 Å². The van der Waals surface area contributed by atoms with Gasteiger partial charge in [0.1, 0.15) is 0 Å². The van der Waals surface area contributed by atoms with E-state index in [2.05, 4.69) is 179 Å². The number of rotatable bonds is 3. The highest BCUT2D eigenvalue weighted by Gasteiger charge is 2.17. The maximum absolute atomic E-state index is 2.45. The van der Waals surface area contributed by atoms with Gasteiger partial charge in [-0.1, -0.05) is 78.9 Å². The molecule has 11 aromatic rings. The van der Waals surface area contributed by atoms with Crippen molar-refractivity contribution in [1.29, 1.82) is 0 Å². The van der Waals surface area contributed by atoms with Crippen LogP contribution < -0.4 is 0 Å². The van der Waals surface area contributed by atoms with Gasteiger partial charge in [-0.2, -0.15) is 0 Å². The summed E-state index contributed by atoms with van der Waals surface area (Å²) in [6, 6.07) is 60.3. The molecule has 0 radical (unpaired) electrons. The second-order valence-electron chi connectivity index (χ2n) is 13.0. The Kier molecular flexibility index (Phi) is 5.57. The van der Waals surface area contributed by atoms with Crippen LogP contribution >= 0.6 is 11.3 Å². The minimum absolute atomic E-state index is 1.17. The van der Waals surface area contributed by atoms with Crippen molar-refractivity contribution in [1.82, 2.24) is 9.13 Å². The van der Waals surface area contributed by atoms with Crippen molar-refractivity contribution in [3.63, 3.8) is 0 Å². The summed E-state index contributed by atoms with van der Waals surface area (Å²) in [7, 11) is 0. The number of benzene rings is 8. The van der Waals surface area contributed by atoms with E-state index in [-0.39, 0.29) is 0 Å². The average molecular weight is 641 g/mol. The molecule has 0 atom stereocenters. The number of para-hydroxylation sites is 3.